The second-order valence-electron chi connectivity index (χ2n) is 4.43. The van der Waals surface area contributed by atoms with Gasteiger partial charge in [0.05, 0.1) is 13.0 Å². The number of ether oxygens (including phenoxy) is 1. The van der Waals surface area contributed by atoms with Gasteiger partial charge in [0.25, 0.3) is 0 Å². The Kier molecular flexibility index (Phi) is 7.02. The molecular formula is C15H21BrO2. The molecule has 1 atom stereocenters. The summed E-state index contributed by atoms with van der Waals surface area (Å²) < 4.78 is 6.27. The number of carbonyl (C=O) groups is 1. The van der Waals surface area contributed by atoms with Crippen LogP contribution in [0.25, 0.3) is 0 Å². The third kappa shape index (κ3) is 5.21. The Hall–Kier alpha value is -0.830. The Bertz CT molecular complexity index is 359. The molecule has 0 bridgehead atoms. The molecule has 0 saturated heterocycles. The number of rotatable bonds is 7. The largest absolute Gasteiger partial charge is 0.466 e. The van der Waals surface area contributed by atoms with Gasteiger partial charge in [-0.05, 0) is 36.5 Å². The van der Waals surface area contributed by atoms with Crippen molar-refractivity contribution in [3.63, 3.8) is 0 Å². The number of unbranched alkanes of at least 4 members (excludes halogenated alkanes) is 1. The van der Waals surface area contributed by atoms with E-state index in [0.29, 0.717) is 13.0 Å². The number of hydrogen-bond donors (Lipinski definition) is 0. The van der Waals surface area contributed by atoms with Crippen molar-refractivity contribution in [2.45, 2.75) is 45.4 Å². The van der Waals surface area contributed by atoms with Gasteiger partial charge in [0, 0.05) is 4.47 Å². The van der Waals surface area contributed by atoms with Gasteiger partial charge < -0.3 is 4.74 Å². The van der Waals surface area contributed by atoms with Crippen LogP contribution in [0.5, 0.6) is 0 Å². The van der Waals surface area contributed by atoms with Gasteiger partial charge in [-0.1, -0.05) is 48.3 Å². The molecule has 100 valence electrons. The van der Waals surface area contributed by atoms with Crippen LogP contribution in [0.2, 0.25) is 0 Å². The average molecular weight is 313 g/mol. The van der Waals surface area contributed by atoms with Crippen molar-refractivity contribution in [1.82, 2.24) is 0 Å². The molecule has 1 unspecified atom stereocenters. The van der Waals surface area contributed by atoms with Crippen LogP contribution >= 0.6 is 15.9 Å². The topological polar surface area (TPSA) is 26.3 Å². The summed E-state index contributed by atoms with van der Waals surface area (Å²) in [5.74, 6) is 0.172. The van der Waals surface area contributed by atoms with Crippen LogP contribution in [-0.4, -0.2) is 12.6 Å². The number of carbonyl (C=O) groups excluding carboxylic acids is 1. The van der Waals surface area contributed by atoms with Gasteiger partial charge in [0.1, 0.15) is 0 Å². The average Bonchev–Trinajstić information content (AvgIpc) is 2.37. The Balaban J connectivity index is 2.51. The van der Waals surface area contributed by atoms with E-state index in [1.165, 1.54) is 5.56 Å². The quantitative estimate of drug-likeness (QED) is 0.540. The Morgan fingerprint density at radius 3 is 2.50 bits per heavy atom. The molecule has 2 nitrogen and oxygen atoms in total. The van der Waals surface area contributed by atoms with Crippen LogP contribution in [0.15, 0.2) is 28.7 Å². The van der Waals surface area contributed by atoms with Crippen molar-refractivity contribution in [2.75, 3.05) is 6.61 Å². The number of esters is 1. The normalized spacial score (nSPS) is 12.2. The number of benzene rings is 1. The number of halogens is 1. The summed E-state index contributed by atoms with van der Waals surface area (Å²) in [7, 11) is 0. The van der Waals surface area contributed by atoms with E-state index in [2.05, 4.69) is 41.9 Å². The van der Waals surface area contributed by atoms with E-state index in [-0.39, 0.29) is 11.9 Å². The summed E-state index contributed by atoms with van der Waals surface area (Å²) in [6.45, 7) is 4.74. The second-order valence-corrected chi connectivity index (χ2v) is 5.35. The van der Waals surface area contributed by atoms with Crippen molar-refractivity contribution >= 4 is 21.9 Å². The molecule has 18 heavy (non-hydrogen) atoms. The van der Waals surface area contributed by atoms with Crippen molar-refractivity contribution in [1.29, 1.82) is 0 Å². The first-order valence-corrected chi connectivity index (χ1v) is 7.37. The fourth-order valence-corrected chi connectivity index (χ4v) is 2.09. The molecule has 0 heterocycles. The van der Waals surface area contributed by atoms with E-state index in [1.807, 2.05) is 12.1 Å². The third-order valence-electron chi connectivity index (χ3n) is 3.01. The zero-order valence-electron chi connectivity index (χ0n) is 11.1. The maximum Gasteiger partial charge on any atom is 0.306 e. The molecule has 0 aliphatic rings. The van der Waals surface area contributed by atoms with E-state index < -0.39 is 0 Å². The third-order valence-corrected chi connectivity index (χ3v) is 3.54. The zero-order valence-corrected chi connectivity index (χ0v) is 12.7. The highest BCUT2D eigenvalue weighted by Gasteiger charge is 2.15. The maximum atomic E-state index is 11.7. The molecule has 0 aliphatic carbocycles. The van der Waals surface area contributed by atoms with Gasteiger partial charge in [-0.25, -0.2) is 0 Å². The molecule has 0 spiro atoms. The summed E-state index contributed by atoms with van der Waals surface area (Å²) in [5, 5.41) is 0. The predicted octanol–water partition coefficient (Wildman–Crippen LogP) is 4.68. The van der Waals surface area contributed by atoms with Crippen LogP contribution < -0.4 is 0 Å². The van der Waals surface area contributed by atoms with E-state index in [9.17, 15) is 4.79 Å². The SMILES string of the molecule is CCCCOC(=O)CC(CC)c1ccc(Br)cc1. The number of hydrogen-bond acceptors (Lipinski definition) is 2. The molecular weight excluding hydrogens is 292 g/mol. The van der Waals surface area contributed by atoms with E-state index in [0.717, 1.165) is 23.7 Å². The predicted molar refractivity (Wildman–Crippen MR) is 77.7 cm³/mol. The zero-order chi connectivity index (χ0) is 13.4. The molecule has 0 amide bonds. The standard InChI is InChI=1S/C15H21BrO2/c1-3-5-10-18-15(17)11-12(4-2)13-6-8-14(16)9-7-13/h6-9,12H,3-5,10-11H2,1-2H3. The van der Waals surface area contributed by atoms with Gasteiger partial charge in [0.15, 0.2) is 0 Å². The Labute approximate surface area is 118 Å². The van der Waals surface area contributed by atoms with Gasteiger partial charge in [-0.2, -0.15) is 0 Å². The smallest absolute Gasteiger partial charge is 0.306 e. The van der Waals surface area contributed by atoms with Crippen molar-refractivity contribution in [3.8, 4) is 0 Å². The van der Waals surface area contributed by atoms with E-state index >= 15 is 0 Å². The van der Waals surface area contributed by atoms with Crippen LogP contribution in [0.1, 0.15) is 51.0 Å². The van der Waals surface area contributed by atoms with Gasteiger partial charge in [-0.3, -0.25) is 4.79 Å². The molecule has 1 aromatic rings. The molecule has 1 aromatic carbocycles. The van der Waals surface area contributed by atoms with Gasteiger partial charge in [-0.15, -0.1) is 0 Å². The first-order chi connectivity index (χ1) is 8.67. The van der Waals surface area contributed by atoms with Crippen molar-refractivity contribution in [2.24, 2.45) is 0 Å². The van der Waals surface area contributed by atoms with Crippen LogP contribution in [-0.2, 0) is 9.53 Å². The first-order valence-electron chi connectivity index (χ1n) is 6.58. The van der Waals surface area contributed by atoms with Crippen molar-refractivity contribution in [3.05, 3.63) is 34.3 Å². The van der Waals surface area contributed by atoms with E-state index in [1.54, 1.807) is 0 Å². The molecule has 1 rings (SSSR count). The maximum absolute atomic E-state index is 11.7. The van der Waals surface area contributed by atoms with Crippen LogP contribution in [0, 0.1) is 0 Å². The molecule has 0 radical (unpaired) electrons. The minimum atomic E-state index is -0.0850. The summed E-state index contributed by atoms with van der Waals surface area (Å²) in [6.07, 6.45) is 3.42. The lowest BCUT2D eigenvalue weighted by molar-refractivity contribution is -0.144. The first kappa shape index (κ1) is 15.2. The van der Waals surface area contributed by atoms with Crippen molar-refractivity contribution < 1.29 is 9.53 Å². The second kappa shape index (κ2) is 8.30. The fourth-order valence-electron chi connectivity index (χ4n) is 1.82. The fraction of sp³-hybridized carbons (Fsp3) is 0.533. The molecule has 0 aliphatic heterocycles. The highest BCUT2D eigenvalue weighted by molar-refractivity contribution is 9.10. The molecule has 0 fully saturated rings. The molecule has 0 aromatic heterocycles. The molecule has 3 heteroatoms. The molecule has 0 N–H and O–H groups in total. The minimum absolute atomic E-state index is 0.0850. The molecule has 0 saturated carbocycles. The Morgan fingerprint density at radius 2 is 1.94 bits per heavy atom. The lowest BCUT2D eigenvalue weighted by Crippen LogP contribution is -2.11. The van der Waals surface area contributed by atoms with E-state index in [4.69, 9.17) is 4.74 Å². The monoisotopic (exact) mass is 312 g/mol. The van der Waals surface area contributed by atoms with Gasteiger partial charge in [0.2, 0.25) is 0 Å². The summed E-state index contributed by atoms with van der Waals surface area (Å²) in [5.41, 5.74) is 1.20. The lowest BCUT2D eigenvalue weighted by Gasteiger charge is -2.14. The lowest BCUT2D eigenvalue weighted by atomic mass is 9.93. The summed E-state index contributed by atoms with van der Waals surface area (Å²) >= 11 is 3.42. The summed E-state index contributed by atoms with van der Waals surface area (Å²) in [6, 6.07) is 8.16. The summed E-state index contributed by atoms with van der Waals surface area (Å²) in [4.78, 5) is 11.7. The highest BCUT2D eigenvalue weighted by Crippen LogP contribution is 2.25. The Morgan fingerprint density at radius 1 is 1.28 bits per heavy atom. The van der Waals surface area contributed by atoms with Crippen LogP contribution in [0.4, 0.5) is 0 Å². The highest BCUT2D eigenvalue weighted by atomic mass is 79.9. The minimum Gasteiger partial charge on any atom is -0.466 e. The van der Waals surface area contributed by atoms with Gasteiger partial charge >= 0.3 is 5.97 Å². The van der Waals surface area contributed by atoms with Crippen LogP contribution in [0.3, 0.4) is 0 Å².